The SMILES string of the molecule is COC(=O)c1ccc(Oc2ncnc(Nc3ncccc3C)c2[N+](=O)[O-])cc1. The maximum absolute atomic E-state index is 11.6. The number of anilines is 2. The lowest BCUT2D eigenvalue weighted by molar-refractivity contribution is -0.385. The fourth-order valence-electron chi connectivity index (χ4n) is 2.31. The van der Waals surface area contributed by atoms with E-state index in [1.165, 1.54) is 31.4 Å². The molecule has 0 unspecified atom stereocenters. The molecule has 0 radical (unpaired) electrons. The number of carbonyl (C=O) groups excluding carboxylic acids is 1. The first-order chi connectivity index (χ1) is 13.5. The third kappa shape index (κ3) is 4.01. The Hall–Kier alpha value is -4.08. The molecule has 0 spiro atoms. The Bertz CT molecular complexity index is 1020. The number of ether oxygens (including phenoxy) is 2. The Morgan fingerprint density at radius 2 is 1.86 bits per heavy atom. The Kier molecular flexibility index (Phi) is 5.40. The number of hydrogen-bond acceptors (Lipinski definition) is 9. The van der Waals surface area contributed by atoms with Gasteiger partial charge >= 0.3 is 17.5 Å². The van der Waals surface area contributed by atoms with Crippen LogP contribution in [-0.4, -0.2) is 33.0 Å². The van der Waals surface area contributed by atoms with Crippen molar-refractivity contribution in [1.29, 1.82) is 0 Å². The number of pyridine rings is 1. The highest BCUT2D eigenvalue weighted by atomic mass is 16.6. The van der Waals surface area contributed by atoms with Gasteiger partial charge in [-0.05, 0) is 42.8 Å². The van der Waals surface area contributed by atoms with Crippen LogP contribution >= 0.6 is 0 Å². The molecule has 0 aliphatic carbocycles. The minimum Gasteiger partial charge on any atom is -0.465 e. The van der Waals surface area contributed by atoms with Crippen LogP contribution in [0, 0.1) is 17.0 Å². The van der Waals surface area contributed by atoms with Crippen molar-refractivity contribution in [2.24, 2.45) is 0 Å². The van der Waals surface area contributed by atoms with Gasteiger partial charge in [0.2, 0.25) is 5.82 Å². The molecular formula is C18H15N5O5. The van der Waals surface area contributed by atoms with Crippen molar-refractivity contribution in [2.75, 3.05) is 12.4 Å². The number of nitro groups is 1. The second kappa shape index (κ2) is 8.08. The van der Waals surface area contributed by atoms with E-state index in [1.54, 1.807) is 12.3 Å². The van der Waals surface area contributed by atoms with Crippen LogP contribution in [-0.2, 0) is 4.74 Å². The first kappa shape index (κ1) is 18.7. The van der Waals surface area contributed by atoms with E-state index in [9.17, 15) is 14.9 Å². The molecule has 28 heavy (non-hydrogen) atoms. The minimum absolute atomic E-state index is 0.0528. The maximum atomic E-state index is 11.6. The highest BCUT2D eigenvalue weighted by molar-refractivity contribution is 5.89. The molecule has 0 saturated heterocycles. The molecule has 10 nitrogen and oxygen atoms in total. The Labute approximate surface area is 159 Å². The van der Waals surface area contributed by atoms with Crippen LogP contribution < -0.4 is 10.1 Å². The van der Waals surface area contributed by atoms with Gasteiger partial charge in [-0.2, -0.15) is 4.98 Å². The summed E-state index contributed by atoms with van der Waals surface area (Å²) < 4.78 is 10.2. The summed E-state index contributed by atoms with van der Waals surface area (Å²) >= 11 is 0. The van der Waals surface area contributed by atoms with Crippen molar-refractivity contribution in [3.05, 3.63) is 70.2 Å². The van der Waals surface area contributed by atoms with Crippen molar-refractivity contribution < 1.29 is 19.2 Å². The predicted molar refractivity (Wildman–Crippen MR) is 98.8 cm³/mol. The lowest BCUT2D eigenvalue weighted by Crippen LogP contribution is -2.05. The van der Waals surface area contributed by atoms with Crippen molar-refractivity contribution in [1.82, 2.24) is 15.0 Å². The normalized spacial score (nSPS) is 10.2. The third-order valence-electron chi connectivity index (χ3n) is 3.71. The van der Waals surface area contributed by atoms with Crippen LogP contribution in [0.5, 0.6) is 11.6 Å². The minimum atomic E-state index is -0.640. The van der Waals surface area contributed by atoms with Gasteiger partial charge in [-0.15, -0.1) is 0 Å². The maximum Gasteiger partial charge on any atom is 0.373 e. The predicted octanol–water partition coefficient (Wildman–Crippen LogP) is 3.41. The fourth-order valence-corrected chi connectivity index (χ4v) is 2.31. The number of nitrogens with zero attached hydrogens (tertiary/aromatic N) is 4. The van der Waals surface area contributed by atoms with E-state index in [1.807, 2.05) is 13.0 Å². The van der Waals surface area contributed by atoms with Crippen molar-refractivity contribution in [3.63, 3.8) is 0 Å². The average molecular weight is 381 g/mol. The van der Waals surface area contributed by atoms with Gasteiger partial charge in [-0.1, -0.05) is 6.07 Å². The van der Waals surface area contributed by atoms with Gasteiger partial charge in [0, 0.05) is 6.20 Å². The van der Waals surface area contributed by atoms with E-state index >= 15 is 0 Å². The number of benzene rings is 1. The van der Waals surface area contributed by atoms with Gasteiger partial charge in [0.1, 0.15) is 17.9 Å². The summed E-state index contributed by atoms with van der Waals surface area (Å²) in [7, 11) is 1.27. The van der Waals surface area contributed by atoms with Crippen LogP contribution in [0.1, 0.15) is 15.9 Å². The molecule has 2 aromatic heterocycles. The molecule has 0 fully saturated rings. The van der Waals surface area contributed by atoms with Crippen LogP contribution in [0.15, 0.2) is 48.9 Å². The fraction of sp³-hybridized carbons (Fsp3) is 0.111. The second-order valence-electron chi connectivity index (χ2n) is 5.55. The first-order valence-corrected chi connectivity index (χ1v) is 8.04. The van der Waals surface area contributed by atoms with Crippen LogP contribution in [0.2, 0.25) is 0 Å². The molecule has 0 bridgehead atoms. The molecule has 3 aromatic rings. The number of rotatable bonds is 6. The van der Waals surface area contributed by atoms with Crippen molar-refractivity contribution >= 4 is 23.3 Å². The van der Waals surface area contributed by atoms with Crippen molar-refractivity contribution in [2.45, 2.75) is 6.92 Å². The monoisotopic (exact) mass is 381 g/mol. The summed E-state index contributed by atoms with van der Waals surface area (Å²) in [5.41, 5.74) is 0.667. The summed E-state index contributed by atoms with van der Waals surface area (Å²) in [6.07, 6.45) is 2.70. The number of hydrogen-bond donors (Lipinski definition) is 1. The molecule has 142 valence electrons. The number of aromatic nitrogens is 3. The highest BCUT2D eigenvalue weighted by Gasteiger charge is 2.26. The molecule has 10 heteroatoms. The Balaban J connectivity index is 1.92. The van der Waals surface area contributed by atoms with Crippen molar-refractivity contribution in [3.8, 4) is 11.6 Å². The largest absolute Gasteiger partial charge is 0.465 e. The Morgan fingerprint density at radius 1 is 1.11 bits per heavy atom. The summed E-state index contributed by atoms with van der Waals surface area (Å²) in [5, 5.41) is 14.4. The van der Waals surface area contributed by atoms with Crippen LogP contribution in [0.25, 0.3) is 0 Å². The first-order valence-electron chi connectivity index (χ1n) is 8.04. The summed E-state index contributed by atoms with van der Waals surface area (Å²) in [6.45, 7) is 1.81. The zero-order chi connectivity index (χ0) is 20.1. The van der Waals surface area contributed by atoms with Gasteiger partial charge in [-0.3, -0.25) is 10.1 Å². The number of nitrogens with one attached hydrogen (secondary N) is 1. The topological polar surface area (TPSA) is 129 Å². The van der Waals surface area contributed by atoms with E-state index in [-0.39, 0.29) is 17.4 Å². The Morgan fingerprint density at radius 3 is 2.50 bits per heavy atom. The summed E-state index contributed by atoms with van der Waals surface area (Å²) in [6, 6.07) is 9.47. The number of esters is 1. The van der Waals surface area contributed by atoms with E-state index in [2.05, 4.69) is 25.0 Å². The van der Waals surface area contributed by atoms with E-state index in [0.29, 0.717) is 11.4 Å². The molecule has 0 aliphatic heterocycles. The molecule has 0 saturated carbocycles. The molecule has 3 rings (SSSR count). The van der Waals surface area contributed by atoms with Gasteiger partial charge in [0.05, 0.1) is 17.6 Å². The quantitative estimate of drug-likeness (QED) is 0.388. The molecule has 0 amide bonds. The van der Waals surface area contributed by atoms with Gasteiger partial charge < -0.3 is 14.8 Å². The molecule has 0 atom stereocenters. The van der Waals surface area contributed by atoms with E-state index in [0.717, 1.165) is 11.9 Å². The number of methoxy groups -OCH3 is 1. The van der Waals surface area contributed by atoms with Gasteiger partial charge in [-0.25, -0.2) is 14.8 Å². The zero-order valence-electron chi connectivity index (χ0n) is 14.9. The molecule has 1 N–H and O–H groups in total. The smallest absolute Gasteiger partial charge is 0.373 e. The number of carbonyl (C=O) groups is 1. The molecule has 0 aliphatic rings. The lowest BCUT2D eigenvalue weighted by atomic mass is 10.2. The average Bonchev–Trinajstić information content (AvgIpc) is 2.69. The van der Waals surface area contributed by atoms with E-state index < -0.39 is 16.6 Å². The third-order valence-corrected chi connectivity index (χ3v) is 3.71. The summed E-state index contributed by atoms with van der Waals surface area (Å²) in [5.74, 6) is -0.117. The second-order valence-corrected chi connectivity index (χ2v) is 5.55. The van der Waals surface area contributed by atoms with Crippen LogP contribution in [0.4, 0.5) is 17.3 Å². The van der Waals surface area contributed by atoms with E-state index in [4.69, 9.17) is 4.74 Å². The molecule has 2 heterocycles. The van der Waals surface area contributed by atoms with Gasteiger partial charge in [0.15, 0.2) is 0 Å². The highest BCUT2D eigenvalue weighted by Crippen LogP contribution is 2.35. The number of aryl methyl sites for hydroxylation is 1. The zero-order valence-corrected chi connectivity index (χ0v) is 14.9. The molecule has 1 aromatic carbocycles. The van der Waals surface area contributed by atoms with Crippen LogP contribution in [0.3, 0.4) is 0 Å². The molecular weight excluding hydrogens is 366 g/mol. The standard InChI is InChI=1S/C18H15N5O5/c1-11-4-3-9-19-15(11)22-16-14(23(25)26)17(21-10-20-16)28-13-7-5-12(6-8-13)18(24)27-2/h3-10H,1-2H3,(H,19,20,21,22). The summed E-state index contributed by atoms with van der Waals surface area (Å²) in [4.78, 5) is 34.4. The lowest BCUT2D eigenvalue weighted by Gasteiger charge is -2.10. The van der Waals surface area contributed by atoms with Gasteiger partial charge in [0.25, 0.3) is 0 Å².